The van der Waals surface area contributed by atoms with Crippen molar-refractivity contribution in [1.29, 1.82) is 0 Å². The summed E-state index contributed by atoms with van der Waals surface area (Å²) in [5.41, 5.74) is -0.468. The molecule has 23 heavy (non-hydrogen) atoms. The van der Waals surface area contributed by atoms with Gasteiger partial charge in [-0.3, -0.25) is 19.7 Å². The Bertz CT molecular complexity index is 650. The Kier molecular flexibility index (Phi) is 4.92. The number of halogens is 1. The Labute approximate surface area is 132 Å². The molecule has 1 N–H and O–H groups in total. The average Bonchev–Trinajstić information content (AvgIpc) is 2.89. The van der Waals surface area contributed by atoms with Crippen LogP contribution in [0.15, 0.2) is 18.2 Å². The Hall–Kier alpha value is -2.51. The van der Waals surface area contributed by atoms with Gasteiger partial charge in [0.25, 0.3) is 0 Å². The molecule has 2 rings (SSSR count). The van der Waals surface area contributed by atoms with Crippen LogP contribution in [0, 0.1) is 21.8 Å². The van der Waals surface area contributed by atoms with Gasteiger partial charge < -0.3 is 10.2 Å². The van der Waals surface area contributed by atoms with E-state index in [-0.39, 0.29) is 36.5 Å². The van der Waals surface area contributed by atoms with Crippen LogP contribution in [0.1, 0.15) is 26.7 Å². The SMILES string of the molecule is CCC(C)NC(=O)C1CC(=O)N(c2ccc(F)c([N+](=O)[O-])c2)C1. The van der Waals surface area contributed by atoms with Crippen molar-refractivity contribution in [3.8, 4) is 0 Å². The maximum Gasteiger partial charge on any atom is 0.306 e. The van der Waals surface area contributed by atoms with Gasteiger partial charge in [-0.25, -0.2) is 0 Å². The minimum atomic E-state index is -0.962. The fourth-order valence-corrected chi connectivity index (χ4v) is 2.40. The number of amides is 2. The maximum absolute atomic E-state index is 13.4. The number of nitro groups is 1. The second-order valence-corrected chi connectivity index (χ2v) is 5.62. The van der Waals surface area contributed by atoms with Gasteiger partial charge >= 0.3 is 5.69 Å². The van der Waals surface area contributed by atoms with Crippen LogP contribution in [0.25, 0.3) is 0 Å². The van der Waals surface area contributed by atoms with Gasteiger partial charge in [0.1, 0.15) is 0 Å². The summed E-state index contributed by atoms with van der Waals surface area (Å²) in [5.74, 6) is -2.00. The van der Waals surface area contributed by atoms with Crippen molar-refractivity contribution in [2.24, 2.45) is 5.92 Å². The zero-order valence-corrected chi connectivity index (χ0v) is 12.9. The van der Waals surface area contributed by atoms with Crippen molar-refractivity contribution in [2.45, 2.75) is 32.7 Å². The molecule has 2 atom stereocenters. The summed E-state index contributed by atoms with van der Waals surface area (Å²) in [7, 11) is 0. The van der Waals surface area contributed by atoms with Crippen LogP contribution < -0.4 is 10.2 Å². The minimum absolute atomic E-state index is 0.0126. The first-order valence-electron chi connectivity index (χ1n) is 7.38. The Morgan fingerprint density at radius 2 is 2.26 bits per heavy atom. The summed E-state index contributed by atoms with van der Waals surface area (Å²) in [6.07, 6.45) is 0.813. The monoisotopic (exact) mass is 323 g/mol. The maximum atomic E-state index is 13.4. The van der Waals surface area contributed by atoms with Crippen molar-refractivity contribution < 1.29 is 18.9 Å². The summed E-state index contributed by atoms with van der Waals surface area (Å²) in [4.78, 5) is 35.4. The molecular weight excluding hydrogens is 305 g/mol. The van der Waals surface area contributed by atoms with Crippen molar-refractivity contribution in [3.05, 3.63) is 34.1 Å². The second kappa shape index (κ2) is 6.72. The highest BCUT2D eigenvalue weighted by atomic mass is 19.1. The third kappa shape index (κ3) is 3.64. The molecule has 1 saturated heterocycles. The number of nitro benzene ring substituents is 1. The molecule has 7 nitrogen and oxygen atoms in total. The fraction of sp³-hybridized carbons (Fsp3) is 0.467. The third-order valence-electron chi connectivity index (χ3n) is 3.93. The summed E-state index contributed by atoms with van der Waals surface area (Å²) in [6, 6.07) is 3.28. The standard InChI is InChI=1S/C15H18FN3O4/c1-3-9(2)17-15(21)10-6-14(20)18(8-10)11-4-5-12(16)13(7-11)19(22)23/h4-5,7,9-10H,3,6,8H2,1-2H3,(H,17,21). The topological polar surface area (TPSA) is 92.6 Å². The Balaban J connectivity index is 2.16. The van der Waals surface area contributed by atoms with Gasteiger partial charge in [0, 0.05) is 25.1 Å². The first-order valence-corrected chi connectivity index (χ1v) is 7.38. The number of nitrogens with zero attached hydrogens (tertiary/aromatic N) is 2. The summed E-state index contributed by atoms with van der Waals surface area (Å²) in [6.45, 7) is 3.94. The summed E-state index contributed by atoms with van der Waals surface area (Å²) >= 11 is 0. The van der Waals surface area contributed by atoms with Crippen LogP contribution in [0.3, 0.4) is 0 Å². The van der Waals surface area contributed by atoms with E-state index in [1.165, 1.54) is 11.0 Å². The molecule has 0 spiro atoms. The highest BCUT2D eigenvalue weighted by Gasteiger charge is 2.36. The number of benzene rings is 1. The predicted molar refractivity (Wildman–Crippen MR) is 81.4 cm³/mol. The zero-order valence-electron chi connectivity index (χ0n) is 12.9. The normalized spacial score (nSPS) is 18.8. The first kappa shape index (κ1) is 16.9. The lowest BCUT2D eigenvalue weighted by atomic mass is 10.1. The van der Waals surface area contributed by atoms with Crippen LogP contribution in [-0.4, -0.2) is 29.3 Å². The number of nitrogens with one attached hydrogen (secondary N) is 1. The Morgan fingerprint density at radius 3 is 2.87 bits per heavy atom. The van der Waals surface area contributed by atoms with Gasteiger partial charge in [-0.2, -0.15) is 4.39 Å². The van der Waals surface area contributed by atoms with Gasteiger partial charge in [-0.05, 0) is 25.5 Å². The van der Waals surface area contributed by atoms with E-state index >= 15 is 0 Å². The van der Waals surface area contributed by atoms with Crippen molar-refractivity contribution in [3.63, 3.8) is 0 Å². The molecule has 1 heterocycles. The van der Waals surface area contributed by atoms with Gasteiger partial charge in [-0.15, -0.1) is 0 Å². The predicted octanol–water partition coefficient (Wildman–Crippen LogP) is 2.00. The van der Waals surface area contributed by atoms with Gasteiger partial charge in [-0.1, -0.05) is 6.92 Å². The summed E-state index contributed by atoms with van der Waals surface area (Å²) < 4.78 is 13.4. The summed E-state index contributed by atoms with van der Waals surface area (Å²) in [5, 5.41) is 13.6. The minimum Gasteiger partial charge on any atom is -0.353 e. The zero-order chi connectivity index (χ0) is 17.1. The van der Waals surface area contributed by atoms with E-state index in [9.17, 15) is 24.1 Å². The molecule has 1 aliphatic heterocycles. The number of hydrogen-bond donors (Lipinski definition) is 1. The van der Waals surface area contributed by atoms with E-state index in [1.54, 1.807) is 0 Å². The molecule has 1 aromatic carbocycles. The van der Waals surface area contributed by atoms with Crippen LogP contribution in [0.5, 0.6) is 0 Å². The number of anilines is 1. The molecular formula is C15H18FN3O4. The molecule has 0 aliphatic carbocycles. The van der Waals surface area contributed by atoms with E-state index in [2.05, 4.69) is 5.32 Å². The van der Waals surface area contributed by atoms with Crippen molar-refractivity contribution in [2.75, 3.05) is 11.4 Å². The van der Waals surface area contributed by atoms with E-state index in [1.807, 2.05) is 13.8 Å². The molecule has 0 saturated carbocycles. The second-order valence-electron chi connectivity index (χ2n) is 5.62. The van der Waals surface area contributed by atoms with Crippen LogP contribution in [0.2, 0.25) is 0 Å². The molecule has 2 amide bonds. The number of carbonyl (C=O) groups is 2. The molecule has 2 unspecified atom stereocenters. The highest BCUT2D eigenvalue weighted by molar-refractivity contribution is 6.00. The average molecular weight is 323 g/mol. The third-order valence-corrected chi connectivity index (χ3v) is 3.93. The van der Waals surface area contributed by atoms with E-state index in [0.717, 1.165) is 18.6 Å². The van der Waals surface area contributed by atoms with E-state index < -0.39 is 22.3 Å². The molecule has 8 heteroatoms. The first-order chi connectivity index (χ1) is 10.8. The fourth-order valence-electron chi connectivity index (χ4n) is 2.40. The number of carbonyl (C=O) groups excluding carboxylic acids is 2. The number of rotatable bonds is 5. The largest absolute Gasteiger partial charge is 0.353 e. The molecule has 1 aromatic rings. The van der Waals surface area contributed by atoms with Crippen LogP contribution >= 0.6 is 0 Å². The Morgan fingerprint density at radius 1 is 1.57 bits per heavy atom. The van der Waals surface area contributed by atoms with E-state index in [4.69, 9.17) is 0 Å². The van der Waals surface area contributed by atoms with Crippen LogP contribution in [-0.2, 0) is 9.59 Å². The van der Waals surface area contributed by atoms with Crippen molar-refractivity contribution >= 4 is 23.2 Å². The lowest BCUT2D eigenvalue weighted by molar-refractivity contribution is -0.387. The molecule has 0 bridgehead atoms. The molecule has 1 aliphatic rings. The lowest BCUT2D eigenvalue weighted by Gasteiger charge is -2.18. The van der Waals surface area contributed by atoms with Crippen LogP contribution in [0.4, 0.5) is 15.8 Å². The molecule has 1 fully saturated rings. The highest BCUT2D eigenvalue weighted by Crippen LogP contribution is 2.29. The quantitative estimate of drug-likeness (QED) is 0.662. The van der Waals surface area contributed by atoms with Gasteiger partial charge in [0.2, 0.25) is 17.6 Å². The molecule has 124 valence electrons. The van der Waals surface area contributed by atoms with Gasteiger partial charge in [0.05, 0.1) is 16.5 Å². The van der Waals surface area contributed by atoms with Gasteiger partial charge in [0.15, 0.2) is 0 Å². The van der Waals surface area contributed by atoms with E-state index in [0.29, 0.717) is 0 Å². The smallest absolute Gasteiger partial charge is 0.306 e. The number of hydrogen-bond acceptors (Lipinski definition) is 4. The lowest BCUT2D eigenvalue weighted by Crippen LogP contribution is -2.38. The van der Waals surface area contributed by atoms with Crippen molar-refractivity contribution in [1.82, 2.24) is 5.32 Å². The molecule has 0 radical (unpaired) electrons. The molecule has 0 aromatic heterocycles.